The SMILES string of the molecule is CCCCCCCCCCCCC1CCCCC(NC)C1. The van der Waals surface area contributed by atoms with Crippen molar-refractivity contribution in [1.29, 1.82) is 0 Å². The van der Waals surface area contributed by atoms with Crippen LogP contribution in [0, 0.1) is 5.92 Å². The molecule has 0 heterocycles. The molecular weight excluding hydrogens is 254 g/mol. The van der Waals surface area contributed by atoms with E-state index in [1.807, 2.05) is 0 Å². The van der Waals surface area contributed by atoms with Crippen molar-refractivity contribution in [2.45, 2.75) is 116 Å². The summed E-state index contributed by atoms with van der Waals surface area (Å²) in [5.41, 5.74) is 0. The van der Waals surface area contributed by atoms with Gasteiger partial charge in [-0.15, -0.1) is 0 Å². The number of unbranched alkanes of at least 4 members (excludes halogenated alkanes) is 9. The zero-order valence-corrected chi connectivity index (χ0v) is 15.0. The summed E-state index contributed by atoms with van der Waals surface area (Å²) in [6.45, 7) is 2.30. The summed E-state index contributed by atoms with van der Waals surface area (Å²) < 4.78 is 0. The first-order valence-corrected chi connectivity index (χ1v) is 10.0. The monoisotopic (exact) mass is 295 g/mol. The summed E-state index contributed by atoms with van der Waals surface area (Å²) in [6, 6.07) is 0.806. The number of rotatable bonds is 12. The minimum absolute atomic E-state index is 0.806. The van der Waals surface area contributed by atoms with E-state index in [1.54, 1.807) is 0 Å². The highest BCUT2D eigenvalue weighted by molar-refractivity contribution is 4.75. The van der Waals surface area contributed by atoms with E-state index < -0.39 is 0 Å². The van der Waals surface area contributed by atoms with Crippen LogP contribution in [-0.2, 0) is 0 Å². The molecule has 2 atom stereocenters. The van der Waals surface area contributed by atoms with Gasteiger partial charge in [0.15, 0.2) is 0 Å². The maximum Gasteiger partial charge on any atom is 0.00667 e. The van der Waals surface area contributed by atoms with Crippen molar-refractivity contribution in [2.75, 3.05) is 7.05 Å². The molecule has 1 nitrogen and oxygen atoms in total. The van der Waals surface area contributed by atoms with Gasteiger partial charge in [0.05, 0.1) is 0 Å². The van der Waals surface area contributed by atoms with E-state index in [9.17, 15) is 0 Å². The second kappa shape index (κ2) is 13.6. The Hall–Kier alpha value is -0.0400. The van der Waals surface area contributed by atoms with Crippen LogP contribution in [-0.4, -0.2) is 13.1 Å². The zero-order chi connectivity index (χ0) is 15.2. The third-order valence-electron chi connectivity index (χ3n) is 5.41. The van der Waals surface area contributed by atoms with Gasteiger partial charge in [0.25, 0.3) is 0 Å². The Kier molecular flexibility index (Phi) is 12.3. The van der Waals surface area contributed by atoms with E-state index in [1.165, 1.54) is 103 Å². The third kappa shape index (κ3) is 10.3. The van der Waals surface area contributed by atoms with Crippen molar-refractivity contribution in [2.24, 2.45) is 5.92 Å². The van der Waals surface area contributed by atoms with Gasteiger partial charge in [-0.3, -0.25) is 0 Å². The molecular formula is C20H41N. The maximum absolute atomic E-state index is 3.51. The van der Waals surface area contributed by atoms with Crippen molar-refractivity contribution in [3.63, 3.8) is 0 Å². The fraction of sp³-hybridized carbons (Fsp3) is 1.00. The predicted molar refractivity (Wildman–Crippen MR) is 95.9 cm³/mol. The molecule has 1 aliphatic rings. The van der Waals surface area contributed by atoms with Crippen LogP contribution in [0.3, 0.4) is 0 Å². The summed E-state index contributed by atoms with van der Waals surface area (Å²) in [6.07, 6.45) is 23.4. The average molecular weight is 296 g/mol. The van der Waals surface area contributed by atoms with Crippen LogP contribution in [0.5, 0.6) is 0 Å². The summed E-state index contributed by atoms with van der Waals surface area (Å²) in [4.78, 5) is 0. The second-order valence-corrected chi connectivity index (χ2v) is 7.34. The Labute approximate surface area is 134 Å². The molecule has 1 fully saturated rings. The molecule has 0 saturated heterocycles. The number of nitrogens with one attached hydrogen (secondary N) is 1. The molecule has 0 amide bonds. The van der Waals surface area contributed by atoms with Crippen molar-refractivity contribution >= 4 is 0 Å². The molecule has 0 spiro atoms. The van der Waals surface area contributed by atoms with Crippen LogP contribution in [0.1, 0.15) is 110 Å². The van der Waals surface area contributed by atoms with Gasteiger partial charge >= 0.3 is 0 Å². The predicted octanol–water partition coefficient (Wildman–Crippen LogP) is 6.47. The molecule has 1 saturated carbocycles. The van der Waals surface area contributed by atoms with Crippen molar-refractivity contribution < 1.29 is 0 Å². The van der Waals surface area contributed by atoms with E-state index in [0.717, 1.165) is 12.0 Å². The Morgan fingerprint density at radius 3 is 1.95 bits per heavy atom. The highest BCUT2D eigenvalue weighted by atomic mass is 14.9. The molecule has 2 unspecified atom stereocenters. The lowest BCUT2D eigenvalue weighted by atomic mass is 9.92. The zero-order valence-electron chi connectivity index (χ0n) is 15.0. The molecule has 0 bridgehead atoms. The quantitative estimate of drug-likeness (QED) is 0.321. The summed E-state index contributed by atoms with van der Waals surface area (Å²) in [7, 11) is 2.15. The van der Waals surface area contributed by atoms with E-state index >= 15 is 0 Å². The Bertz CT molecular complexity index is 214. The van der Waals surface area contributed by atoms with E-state index in [4.69, 9.17) is 0 Å². The summed E-state index contributed by atoms with van der Waals surface area (Å²) in [5, 5.41) is 3.51. The van der Waals surface area contributed by atoms with Gasteiger partial charge in [0, 0.05) is 6.04 Å². The van der Waals surface area contributed by atoms with E-state index in [-0.39, 0.29) is 0 Å². The van der Waals surface area contributed by atoms with Gasteiger partial charge in [-0.2, -0.15) is 0 Å². The van der Waals surface area contributed by atoms with Gasteiger partial charge in [-0.1, -0.05) is 96.8 Å². The smallest absolute Gasteiger partial charge is 0.00667 e. The minimum Gasteiger partial charge on any atom is -0.317 e. The summed E-state index contributed by atoms with van der Waals surface area (Å²) >= 11 is 0. The van der Waals surface area contributed by atoms with Crippen LogP contribution in [0.2, 0.25) is 0 Å². The molecule has 0 aromatic carbocycles. The van der Waals surface area contributed by atoms with Crippen LogP contribution < -0.4 is 5.32 Å². The first-order valence-electron chi connectivity index (χ1n) is 10.0. The second-order valence-electron chi connectivity index (χ2n) is 7.34. The molecule has 0 aliphatic heterocycles. The van der Waals surface area contributed by atoms with Gasteiger partial charge < -0.3 is 5.32 Å². The minimum atomic E-state index is 0.806. The van der Waals surface area contributed by atoms with E-state index in [2.05, 4.69) is 19.3 Å². The number of hydrogen-bond donors (Lipinski definition) is 1. The topological polar surface area (TPSA) is 12.0 Å². The van der Waals surface area contributed by atoms with Crippen LogP contribution >= 0.6 is 0 Å². The highest BCUT2D eigenvalue weighted by Crippen LogP contribution is 2.27. The fourth-order valence-corrected chi connectivity index (χ4v) is 3.91. The van der Waals surface area contributed by atoms with Gasteiger partial charge in [0.2, 0.25) is 0 Å². The van der Waals surface area contributed by atoms with Crippen molar-refractivity contribution in [3.05, 3.63) is 0 Å². The Morgan fingerprint density at radius 2 is 1.33 bits per heavy atom. The Morgan fingerprint density at radius 1 is 0.762 bits per heavy atom. The first kappa shape index (κ1) is 19.0. The number of hydrogen-bond acceptors (Lipinski definition) is 1. The largest absolute Gasteiger partial charge is 0.317 e. The van der Waals surface area contributed by atoms with Crippen LogP contribution in [0.4, 0.5) is 0 Å². The molecule has 1 aliphatic carbocycles. The molecule has 0 aromatic heterocycles. The van der Waals surface area contributed by atoms with Gasteiger partial charge in [0.1, 0.15) is 0 Å². The normalized spacial score (nSPS) is 23.1. The van der Waals surface area contributed by atoms with Gasteiger partial charge in [-0.05, 0) is 25.8 Å². The third-order valence-corrected chi connectivity index (χ3v) is 5.41. The molecule has 0 aromatic rings. The highest BCUT2D eigenvalue weighted by Gasteiger charge is 2.18. The molecule has 1 heteroatoms. The molecule has 126 valence electrons. The van der Waals surface area contributed by atoms with Crippen LogP contribution in [0.15, 0.2) is 0 Å². The standard InChI is InChI=1S/C20H41N/c1-3-4-5-6-7-8-9-10-11-12-15-19-16-13-14-17-20(18-19)21-2/h19-21H,3-18H2,1-2H3. The molecule has 1 N–H and O–H groups in total. The van der Waals surface area contributed by atoms with Gasteiger partial charge in [-0.25, -0.2) is 0 Å². The van der Waals surface area contributed by atoms with E-state index in [0.29, 0.717) is 0 Å². The first-order chi connectivity index (χ1) is 10.4. The Balaban J connectivity index is 1.89. The summed E-state index contributed by atoms with van der Waals surface area (Å²) in [5.74, 6) is 1.01. The fourth-order valence-electron chi connectivity index (χ4n) is 3.91. The molecule has 0 radical (unpaired) electrons. The lowest BCUT2D eigenvalue weighted by Crippen LogP contribution is -2.26. The lowest BCUT2D eigenvalue weighted by Gasteiger charge is -2.19. The molecule has 21 heavy (non-hydrogen) atoms. The van der Waals surface area contributed by atoms with Crippen LogP contribution in [0.25, 0.3) is 0 Å². The lowest BCUT2D eigenvalue weighted by molar-refractivity contribution is 0.367. The van der Waals surface area contributed by atoms with Crippen molar-refractivity contribution in [1.82, 2.24) is 5.32 Å². The maximum atomic E-state index is 3.51. The van der Waals surface area contributed by atoms with Crippen molar-refractivity contribution in [3.8, 4) is 0 Å². The average Bonchev–Trinajstić information content (AvgIpc) is 2.74. The molecule has 1 rings (SSSR count).